The van der Waals surface area contributed by atoms with Crippen LogP contribution in [0.5, 0.6) is 0 Å². The van der Waals surface area contributed by atoms with E-state index in [0.29, 0.717) is 22.8 Å². The molecule has 1 aromatic carbocycles. The molecule has 3 rings (SSSR count). The Morgan fingerprint density at radius 1 is 1.15 bits per heavy atom. The first-order valence-corrected chi connectivity index (χ1v) is 8.04. The molecule has 0 saturated carbocycles. The highest BCUT2D eigenvalue weighted by atomic mass is 19.4. The first-order valence-electron chi connectivity index (χ1n) is 8.04. The van der Waals surface area contributed by atoms with Gasteiger partial charge in [0.1, 0.15) is 0 Å². The summed E-state index contributed by atoms with van der Waals surface area (Å²) < 4.78 is 81.2. The first kappa shape index (κ1) is 19.3. The molecular formula is C19H15F6NO. The summed E-state index contributed by atoms with van der Waals surface area (Å²) in [5, 5.41) is 0.592. The van der Waals surface area contributed by atoms with Crippen molar-refractivity contribution < 1.29 is 31.1 Å². The molecule has 0 saturated heterocycles. The van der Waals surface area contributed by atoms with Crippen LogP contribution in [0.2, 0.25) is 0 Å². The number of rotatable bonds is 3. The lowest BCUT2D eigenvalue weighted by Gasteiger charge is -2.34. The monoisotopic (exact) mass is 387 g/mol. The van der Waals surface area contributed by atoms with Gasteiger partial charge in [0.05, 0.1) is 11.0 Å². The quantitative estimate of drug-likeness (QED) is 0.479. The highest BCUT2D eigenvalue weighted by molar-refractivity contribution is 5.97. The molecule has 0 amide bonds. The van der Waals surface area contributed by atoms with Crippen LogP contribution >= 0.6 is 0 Å². The van der Waals surface area contributed by atoms with Gasteiger partial charge in [-0.3, -0.25) is 4.79 Å². The third kappa shape index (κ3) is 3.52. The number of allylic oxidation sites excluding steroid dienone is 4. The minimum Gasteiger partial charge on any atom is -0.343 e. The van der Waals surface area contributed by atoms with Crippen LogP contribution in [0.4, 0.5) is 26.3 Å². The fourth-order valence-corrected chi connectivity index (χ4v) is 3.34. The molecule has 0 spiro atoms. The van der Waals surface area contributed by atoms with Gasteiger partial charge in [0, 0.05) is 29.2 Å². The molecule has 27 heavy (non-hydrogen) atoms. The predicted octanol–water partition coefficient (Wildman–Crippen LogP) is 5.84. The number of hydrogen-bond donors (Lipinski definition) is 0. The lowest BCUT2D eigenvalue weighted by Crippen LogP contribution is -2.37. The Hall–Kier alpha value is -2.51. The van der Waals surface area contributed by atoms with E-state index in [9.17, 15) is 31.1 Å². The van der Waals surface area contributed by atoms with Crippen molar-refractivity contribution in [2.45, 2.75) is 32.2 Å². The molecule has 1 atom stereocenters. The van der Waals surface area contributed by atoms with E-state index in [1.165, 1.54) is 10.8 Å². The molecule has 1 aliphatic carbocycles. The van der Waals surface area contributed by atoms with Crippen LogP contribution in [0.1, 0.15) is 23.7 Å². The Morgan fingerprint density at radius 3 is 2.41 bits per heavy atom. The Kier molecular flexibility index (Phi) is 4.48. The zero-order chi connectivity index (χ0) is 20.0. The van der Waals surface area contributed by atoms with Crippen molar-refractivity contribution in [3.63, 3.8) is 0 Å². The van der Waals surface area contributed by atoms with Gasteiger partial charge in [0.15, 0.2) is 6.29 Å². The smallest absolute Gasteiger partial charge is 0.343 e. The average Bonchev–Trinajstić information content (AvgIpc) is 2.91. The second-order valence-corrected chi connectivity index (χ2v) is 6.84. The van der Waals surface area contributed by atoms with Gasteiger partial charge < -0.3 is 4.57 Å². The Bertz CT molecular complexity index is 947. The number of halogens is 6. The van der Waals surface area contributed by atoms with E-state index in [-0.39, 0.29) is 18.2 Å². The summed E-state index contributed by atoms with van der Waals surface area (Å²) in [4.78, 5) is 11.2. The van der Waals surface area contributed by atoms with Crippen LogP contribution in [-0.2, 0) is 6.54 Å². The van der Waals surface area contributed by atoms with Crippen molar-refractivity contribution in [3.05, 3.63) is 59.3 Å². The minimum absolute atomic E-state index is 0.0112. The van der Waals surface area contributed by atoms with Gasteiger partial charge in [-0.2, -0.15) is 26.3 Å². The number of fused-ring (bicyclic) bond motifs is 1. The Morgan fingerprint density at radius 2 is 1.81 bits per heavy atom. The highest BCUT2D eigenvalue weighted by Gasteiger charge is 2.53. The molecule has 0 aliphatic heterocycles. The molecule has 1 heterocycles. The van der Waals surface area contributed by atoms with Crippen LogP contribution < -0.4 is 0 Å². The molecule has 0 fully saturated rings. The maximum absolute atomic E-state index is 13.4. The molecule has 144 valence electrons. The van der Waals surface area contributed by atoms with Gasteiger partial charge in [0.25, 0.3) is 0 Å². The summed E-state index contributed by atoms with van der Waals surface area (Å²) in [6, 6.07) is 6.72. The number of alkyl halides is 6. The topological polar surface area (TPSA) is 22.0 Å². The van der Waals surface area contributed by atoms with Crippen molar-refractivity contribution in [1.29, 1.82) is 0 Å². The van der Waals surface area contributed by atoms with Gasteiger partial charge in [-0.1, -0.05) is 24.3 Å². The van der Waals surface area contributed by atoms with Crippen molar-refractivity contribution in [3.8, 4) is 0 Å². The average molecular weight is 387 g/mol. The van der Waals surface area contributed by atoms with Gasteiger partial charge in [-0.15, -0.1) is 0 Å². The standard InChI is InChI=1S/C19H15F6NO/c1-17(19(23,24)25)7-12(6-14(8-17)18(20,21)22)9-26-10-13(11-27)15-4-2-3-5-16(15)26/h2-6,8,10-11H,7,9H2,1H3. The van der Waals surface area contributed by atoms with E-state index in [0.717, 1.165) is 13.0 Å². The summed E-state index contributed by atoms with van der Waals surface area (Å²) in [5.74, 6) is 0. The first-order chi connectivity index (χ1) is 12.4. The van der Waals surface area contributed by atoms with Crippen molar-refractivity contribution >= 4 is 17.2 Å². The third-order valence-corrected chi connectivity index (χ3v) is 4.72. The summed E-state index contributed by atoms with van der Waals surface area (Å²) in [6.45, 7) is 0.587. The Labute approximate surface area is 150 Å². The van der Waals surface area contributed by atoms with Gasteiger partial charge in [-0.05, 0) is 31.1 Å². The summed E-state index contributed by atoms with van der Waals surface area (Å²) in [5.41, 5.74) is -3.04. The molecule has 0 bridgehead atoms. The third-order valence-electron chi connectivity index (χ3n) is 4.72. The van der Waals surface area contributed by atoms with Crippen LogP contribution in [0.25, 0.3) is 10.9 Å². The van der Waals surface area contributed by atoms with Gasteiger partial charge >= 0.3 is 12.4 Å². The Balaban J connectivity index is 2.06. The number of benzene rings is 1. The normalized spacial score (nSPS) is 21.1. The fourth-order valence-electron chi connectivity index (χ4n) is 3.34. The van der Waals surface area contributed by atoms with E-state index >= 15 is 0 Å². The summed E-state index contributed by atoms with van der Waals surface area (Å²) >= 11 is 0. The molecule has 2 nitrogen and oxygen atoms in total. The maximum atomic E-state index is 13.4. The molecule has 1 unspecified atom stereocenters. The maximum Gasteiger partial charge on any atom is 0.416 e. The second-order valence-electron chi connectivity index (χ2n) is 6.84. The number of carbonyl (C=O) groups excluding carboxylic acids is 1. The van der Waals surface area contributed by atoms with E-state index < -0.39 is 29.8 Å². The van der Waals surface area contributed by atoms with E-state index in [4.69, 9.17) is 0 Å². The molecule has 0 N–H and O–H groups in total. The fraction of sp³-hybridized carbons (Fsp3) is 0.316. The molecule has 8 heteroatoms. The molecular weight excluding hydrogens is 372 g/mol. The van der Waals surface area contributed by atoms with Gasteiger partial charge in [0.2, 0.25) is 0 Å². The van der Waals surface area contributed by atoms with Crippen LogP contribution in [0, 0.1) is 5.41 Å². The van der Waals surface area contributed by atoms with Crippen LogP contribution in [0.15, 0.2) is 53.8 Å². The summed E-state index contributed by atoms with van der Waals surface area (Å²) in [6.07, 6.45) is -7.23. The SMILES string of the molecule is CC1(C(F)(F)F)C=C(C(F)(F)F)C=C(Cn2cc(C=O)c3ccccc32)C1. The summed E-state index contributed by atoms with van der Waals surface area (Å²) in [7, 11) is 0. The van der Waals surface area contributed by atoms with E-state index in [1.807, 2.05) is 0 Å². The van der Waals surface area contributed by atoms with Crippen molar-refractivity contribution in [2.24, 2.45) is 5.41 Å². The number of nitrogens with zero attached hydrogens (tertiary/aromatic N) is 1. The van der Waals surface area contributed by atoms with Crippen molar-refractivity contribution in [2.75, 3.05) is 0 Å². The number of para-hydroxylation sites is 1. The predicted molar refractivity (Wildman–Crippen MR) is 88.3 cm³/mol. The molecule has 1 aliphatic rings. The number of carbonyl (C=O) groups is 1. The molecule has 0 radical (unpaired) electrons. The van der Waals surface area contributed by atoms with E-state index in [1.54, 1.807) is 24.3 Å². The van der Waals surface area contributed by atoms with Crippen LogP contribution in [0.3, 0.4) is 0 Å². The van der Waals surface area contributed by atoms with E-state index in [2.05, 4.69) is 0 Å². The van der Waals surface area contributed by atoms with Crippen molar-refractivity contribution in [1.82, 2.24) is 4.57 Å². The molecule has 2 aromatic rings. The van der Waals surface area contributed by atoms with Crippen LogP contribution in [-0.4, -0.2) is 23.2 Å². The van der Waals surface area contributed by atoms with Gasteiger partial charge in [-0.25, -0.2) is 0 Å². The second kappa shape index (κ2) is 6.28. The minimum atomic E-state index is -4.88. The number of hydrogen-bond acceptors (Lipinski definition) is 1. The zero-order valence-electron chi connectivity index (χ0n) is 14.2. The zero-order valence-corrected chi connectivity index (χ0v) is 14.2. The number of aromatic nitrogens is 1. The highest BCUT2D eigenvalue weighted by Crippen LogP contribution is 2.49. The molecule has 1 aromatic heterocycles. The lowest BCUT2D eigenvalue weighted by atomic mass is 9.77. The largest absolute Gasteiger partial charge is 0.416 e. The lowest BCUT2D eigenvalue weighted by molar-refractivity contribution is -0.201. The number of aldehydes is 1.